The molecular weight excluding hydrogens is 540 g/mol. The Kier molecular flexibility index (Phi) is 9.82. The number of nitrogens with one attached hydrogen (secondary N) is 1. The number of benzene rings is 2. The largest absolute Gasteiger partial charge is 0.493 e. The van der Waals surface area contributed by atoms with E-state index in [4.69, 9.17) is 14.5 Å². The Hall–Kier alpha value is -4.10. The van der Waals surface area contributed by atoms with Gasteiger partial charge < -0.3 is 24.2 Å². The topological polar surface area (TPSA) is 102 Å². The van der Waals surface area contributed by atoms with Crippen LogP contribution in [0.25, 0.3) is 10.9 Å². The van der Waals surface area contributed by atoms with Crippen LogP contribution < -0.4 is 19.7 Å². The lowest BCUT2D eigenvalue weighted by molar-refractivity contribution is 0.203. The van der Waals surface area contributed by atoms with Crippen molar-refractivity contribution in [3.63, 3.8) is 0 Å². The molecule has 0 bridgehead atoms. The summed E-state index contributed by atoms with van der Waals surface area (Å²) < 4.78 is 11.9. The van der Waals surface area contributed by atoms with E-state index in [1.807, 2.05) is 24.3 Å². The zero-order chi connectivity index (χ0) is 30.2. The lowest BCUT2D eigenvalue weighted by atomic mass is 9.87. The summed E-state index contributed by atoms with van der Waals surface area (Å²) >= 11 is 0. The quantitative estimate of drug-likeness (QED) is 0.128. The Balaban J connectivity index is 1.25. The number of nitriles is 1. The molecule has 2 aliphatic rings. The summed E-state index contributed by atoms with van der Waals surface area (Å²) in [6.45, 7) is 13.5. The van der Waals surface area contributed by atoms with Gasteiger partial charge in [0.25, 0.3) is 0 Å². The number of hydrogen-bond donors (Lipinski definition) is 1. The number of rotatable bonds is 8. The molecule has 5 rings (SSSR count). The summed E-state index contributed by atoms with van der Waals surface area (Å²) in [5, 5.41) is 13.1. The van der Waals surface area contributed by atoms with Gasteiger partial charge in [0.1, 0.15) is 12.1 Å². The van der Waals surface area contributed by atoms with Crippen LogP contribution in [0.1, 0.15) is 52.0 Å². The Morgan fingerprint density at radius 2 is 1.72 bits per heavy atom. The summed E-state index contributed by atoms with van der Waals surface area (Å²) in [7, 11) is 1.67. The van der Waals surface area contributed by atoms with Crippen molar-refractivity contribution in [2.75, 3.05) is 64.4 Å². The highest BCUT2D eigenvalue weighted by Gasteiger charge is 2.24. The molecule has 0 unspecified atom stereocenters. The summed E-state index contributed by atoms with van der Waals surface area (Å²) in [5.41, 5.74) is 2.95. The number of nitrogens with zero attached hydrogens (tertiary/aromatic N) is 7. The molecule has 0 radical (unpaired) electrons. The van der Waals surface area contributed by atoms with Crippen molar-refractivity contribution in [1.29, 1.82) is 5.26 Å². The zero-order valence-electron chi connectivity index (χ0n) is 26.0. The maximum Gasteiger partial charge on any atom is 0.212 e. The van der Waals surface area contributed by atoms with Crippen molar-refractivity contribution < 1.29 is 9.47 Å². The van der Waals surface area contributed by atoms with Gasteiger partial charge >= 0.3 is 0 Å². The van der Waals surface area contributed by atoms with Crippen LogP contribution in [0.15, 0.2) is 47.7 Å². The maximum absolute atomic E-state index is 9.42. The van der Waals surface area contributed by atoms with Crippen molar-refractivity contribution in [2.24, 2.45) is 4.99 Å². The van der Waals surface area contributed by atoms with Gasteiger partial charge in [-0.3, -0.25) is 5.32 Å². The van der Waals surface area contributed by atoms with Crippen molar-refractivity contribution in [3.8, 4) is 17.7 Å². The third-order valence-electron chi connectivity index (χ3n) is 8.24. The van der Waals surface area contributed by atoms with Crippen LogP contribution >= 0.6 is 0 Å². The van der Waals surface area contributed by atoms with E-state index < -0.39 is 0 Å². The number of guanidine groups is 1. The number of likely N-dealkylation sites (tertiary alicyclic amines) is 1. The highest BCUT2D eigenvalue weighted by Crippen LogP contribution is 2.35. The van der Waals surface area contributed by atoms with Crippen LogP contribution in [0.3, 0.4) is 0 Å². The smallest absolute Gasteiger partial charge is 0.212 e. The van der Waals surface area contributed by atoms with Crippen LogP contribution in [-0.4, -0.2) is 85.3 Å². The molecule has 0 saturated carbocycles. The maximum atomic E-state index is 9.42. The van der Waals surface area contributed by atoms with Crippen molar-refractivity contribution in [1.82, 2.24) is 25.1 Å². The first-order valence-electron chi connectivity index (χ1n) is 15.4. The molecule has 1 aromatic heterocycles. The fraction of sp³-hybridized carbons (Fsp3) is 0.515. The third kappa shape index (κ3) is 7.65. The van der Waals surface area contributed by atoms with Crippen LogP contribution in [0.2, 0.25) is 0 Å². The Morgan fingerprint density at radius 1 is 0.977 bits per heavy atom. The summed E-state index contributed by atoms with van der Waals surface area (Å²) in [6, 6.07) is 12.2. The minimum Gasteiger partial charge on any atom is -0.493 e. The Labute approximate surface area is 255 Å². The molecule has 2 aromatic carbocycles. The average Bonchev–Trinajstić information content (AvgIpc) is 3.02. The van der Waals surface area contributed by atoms with Crippen LogP contribution in [0.4, 0.5) is 11.5 Å². The molecule has 3 aromatic rings. The van der Waals surface area contributed by atoms with Gasteiger partial charge in [-0.1, -0.05) is 39.3 Å². The van der Waals surface area contributed by atoms with E-state index >= 15 is 0 Å². The molecule has 10 heteroatoms. The first-order chi connectivity index (χ1) is 20.9. The second kappa shape index (κ2) is 13.9. The van der Waals surface area contributed by atoms with E-state index in [-0.39, 0.29) is 5.41 Å². The molecule has 0 amide bonds. The molecule has 2 aliphatic heterocycles. The highest BCUT2D eigenvalue weighted by atomic mass is 16.5. The summed E-state index contributed by atoms with van der Waals surface area (Å²) in [5.74, 6) is 2.82. The van der Waals surface area contributed by atoms with Crippen LogP contribution in [0.5, 0.6) is 11.5 Å². The number of hydrogen-bond acceptors (Lipinski definition) is 8. The van der Waals surface area contributed by atoms with Gasteiger partial charge in [-0.25, -0.2) is 15.0 Å². The number of aromatic nitrogens is 2. The first kappa shape index (κ1) is 30.4. The van der Waals surface area contributed by atoms with Crippen molar-refractivity contribution >= 4 is 28.4 Å². The van der Waals surface area contributed by atoms with Gasteiger partial charge in [0.15, 0.2) is 17.7 Å². The normalized spacial score (nSPS) is 16.7. The number of aliphatic imine (C=N–C) groups is 1. The zero-order valence-corrected chi connectivity index (χ0v) is 26.0. The SMILES string of the molecule is COc1cc2c(N3CCN(C(=Nc4ccc(C(C)(C)C)cc4)NC#N)CC3)ncnc2cc1OCCCN1CCCCC1. The van der Waals surface area contributed by atoms with Gasteiger partial charge in [-0.05, 0) is 61.5 Å². The van der Waals surface area contributed by atoms with E-state index in [1.165, 1.54) is 37.9 Å². The molecule has 1 N–H and O–H groups in total. The average molecular weight is 585 g/mol. The van der Waals surface area contributed by atoms with Gasteiger partial charge in [-0.15, -0.1) is 0 Å². The second-order valence-electron chi connectivity index (χ2n) is 12.3. The first-order valence-corrected chi connectivity index (χ1v) is 15.4. The van der Waals surface area contributed by atoms with Gasteiger partial charge in [0.05, 0.1) is 24.9 Å². The Bertz CT molecular complexity index is 1430. The number of ether oxygens (including phenoxy) is 2. The fourth-order valence-corrected chi connectivity index (χ4v) is 5.74. The number of fused-ring (bicyclic) bond motifs is 1. The van der Waals surface area contributed by atoms with Gasteiger partial charge in [-0.2, -0.15) is 5.26 Å². The molecule has 228 valence electrons. The van der Waals surface area contributed by atoms with E-state index in [0.717, 1.165) is 48.5 Å². The Morgan fingerprint density at radius 3 is 2.40 bits per heavy atom. The molecule has 10 nitrogen and oxygen atoms in total. The molecule has 2 saturated heterocycles. The van der Waals surface area contributed by atoms with Crippen LogP contribution in [0, 0.1) is 11.5 Å². The van der Waals surface area contributed by atoms with E-state index in [2.05, 4.69) is 69.1 Å². The second-order valence-corrected chi connectivity index (χ2v) is 12.3. The number of piperidine rings is 1. The lowest BCUT2D eigenvalue weighted by Gasteiger charge is -2.36. The molecule has 3 heterocycles. The molecule has 0 spiro atoms. The van der Waals surface area contributed by atoms with Crippen LogP contribution in [-0.2, 0) is 5.41 Å². The molecule has 43 heavy (non-hydrogen) atoms. The number of anilines is 1. The molecular formula is C33H44N8O2. The summed E-state index contributed by atoms with van der Waals surface area (Å²) in [6.07, 6.45) is 8.60. The molecule has 0 atom stereocenters. The predicted octanol–water partition coefficient (Wildman–Crippen LogP) is 5.07. The van der Waals surface area contributed by atoms with E-state index in [9.17, 15) is 5.26 Å². The number of piperazine rings is 1. The monoisotopic (exact) mass is 584 g/mol. The van der Waals surface area contributed by atoms with Crippen molar-refractivity contribution in [2.45, 2.75) is 51.9 Å². The minimum atomic E-state index is 0.0721. The lowest BCUT2D eigenvalue weighted by Crippen LogP contribution is -2.52. The van der Waals surface area contributed by atoms with E-state index in [1.54, 1.807) is 13.4 Å². The highest BCUT2D eigenvalue weighted by molar-refractivity contribution is 5.92. The van der Waals surface area contributed by atoms with Gasteiger partial charge in [0, 0.05) is 44.2 Å². The van der Waals surface area contributed by atoms with Crippen molar-refractivity contribution in [3.05, 3.63) is 48.3 Å². The standard InChI is InChI=1S/C33H44N8O2/c1-33(2,3)25-9-11-26(12-10-25)38-32(35-23-34)41-18-16-40(17-19-41)31-27-21-29(42-4)30(22-28(27)36-24-37-31)43-20-8-15-39-13-6-5-7-14-39/h9-12,21-22,24H,5-8,13-20H2,1-4H3,(H,35,38). The third-order valence-corrected chi connectivity index (χ3v) is 8.24. The predicted molar refractivity (Wildman–Crippen MR) is 171 cm³/mol. The van der Waals surface area contributed by atoms with E-state index in [0.29, 0.717) is 37.2 Å². The summed E-state index contributed by atoms with van der Waals surface area (Å²) in [4.78, 5) is 20.9. The fourth-order valence-electron chi connectivity index (χ4n) is 5.74. The van der Waals surface area contributed by atoms with Gasteiger partial charge in [0.2, 0.25) is 5.96 Å². The minimum absolute atomic E-state index is 0.0721. The molecule has 2 fully saturated rings. The number of methoxy groups -OCH3 is 1. The molecule has 0 aliphatic carbocycles.